The van der Waals surface area contributed by atoms with Crippen molar-refractivity contribution in [2.75, 3.05) is 19.6 Å². The van der Waals surface area contributed by atoms with Crippen LogP contribution in [0.15, 0.2) is 0 Å². The van der Waals surface area contributed by atoms with E-state index in [2.05, 4.69) is 17.6 Å². The van der Waals surface area contributed by atoms with E-state index in [1.165, 1.54) is 45.2 Å². The van der Waals surface area contributed by atoms with E-state index >= 15 is 0 Å². The lowest BCUT2D eigenvalue weighted by Crippen LogP contribution is -2.52. The molecule has 13 heavy (non-hydrogen) atoms. The molecule has 0 bridgehead atoms. The molecule has 1 unspecified atom stereocenters. The molecule has 2 fully saturated rings. The van der Waals surface area contributed by atoms with Crippen molar-refractivity contribution in [3.8, 4) is 0 Å². The Kier molecular flexibility index (Phi) is 2.89. The van der Waals surface area contributed by atoms with E-state index < -0.39 is 0 Å². The SMILES string of the molecule is CC1(CNCC2CC2)CCCCN1. The van der Waals surface area contributed by atoms with Crippen molar-refractivity contribution in [1.82, 2.24) is 10.6 Å². The molecule has 2 heteroatoms. The molecular weight excluding hydrogens is 160 g/mol. The van der Waals surface area contributed by atoms with Gasteiger partial charge < -0.3 is 10.6 Å². The number of hydrogen-bond acceptors (Lipinski definition) is 2. The molecule has 2 aliphatic rings. The second-order valence-corrected chi connectivity index (χ2v) is 5.02. The van der Waals surface area contributed by atoms with E-state index in [4.69, 9.17) is 0 Å². The first kappa shape index (κ1) is 9.47. The predicted molar refractivity (Wildman–Crippen MR) is 55.9 cm³/mol. The zero-order valence-corrected chi connectivity index (χ0v) is 8.73. The van der Waals surface area contributed by atoms with Gasteiger partial charge in [0.05, 0.1) is 0 Å². The van der Waals surface area contributed by atoms with Gasteiger partial charge in [-0.1, -0.05) is 6.42 Å². The summed E-state index contributed by atoms with van der Waals surface area (Å²) in [5.74, 6) is 1.01. The summed E-state index contributed by atoms with van der Waals surface area (Å²) in [6.45, 7) is 5.97. The van der Waals surface area contributed by atoms with E-state index in [9.17, 15) is 0 Å². The molecule has 0 amide bonds. The Morgan fingerprint density at radius 2 is 2.23 bits per heavy atom. The van der Waals surface area contributed by atoms with Crippen LogP contribution < -0.4 is 10.6 Å². The molecule has 1 saturated heterocycles. The standard InChI is InChI=1S/C11H22N2/c1-11(6-2-3-7-13-11)9-12-8-10-4-5-10/h10,12-13H,2-9H2,1H3. The van der Waals surface area contributed by atoms with Crippen LogP contribution in [0.25, 0.3) is 0 Å². The molecular formula is C11H22N2. The monoisotopic (exact) mass is 182 g/mol. The van der Waals surface area contributed by atoms with Gasteiger partial charge in [-0.05, 0) is 51.6 Å². The summed E-state index contributed by atoms with van der Waals surface area (Å²) in [4.78, 5) is 0. The average Bonchev–Trinajstić information content (AvgIpc) is 2.89. The summed E-state index contributed by atoms with van der Waals surface area (Å²) in [6.07, 6.45) is 7.01. The summed E-state index contributed by atoms with van der Waals surface area (Å²) in [6, 6.07) is 0. The van der Waals surface area contributed by atoms with Crippen LogP contribution in [0.3, 0.4) is 0 Å². The Balaban J connectivity index is 1.64. The van der Waals surface area contributed by atoms with E-state index in [0.717, 1.165) is 12.5 Å². The Bertz CT molecular complexity index is 157. The highest BCUT2D eigenvalue weighted by molar-refractivity contribution is 4.89. The summed E-state index contributed by atoms with van der Waals surface area (Å²) < 4.78 is 0. The van der Waals surface area contributed by atoms with Crippen molar-refractivity contribution in [2.24, 2.45) is 5.92 Å². The minimum atomic E-state index is 0.382. The molecule has 0 spiro atoms. The lowest BCUT2D eigenvalue weighted by molar-refractivity contribution is 0.266. The van der Waals surface area contributed by atoms with Crippen LogP contribution in [0, 0.1) is 5.92 Å². The molecule has 0 aromatic heterocycles. The molecule has 0 aromatic rings. The first-order valence-corrected chi connectivity index (χ1v) is 5.74. The third kappa shape index (κ3) is 2.96. The van der Waals surface area contributed by atoms with Gasteiger partial charge in [0.1, 0.15) is 0 Å². The molecule has 2 N–H and O–H groups in total. The van der Waals surface area contributed by atoms with Crippen molar-refractivity contribution < 1.29 is 0 Å². The summed E-state index contributed by atoms with van der Waals surface area (Å²) in [5, 5.41) is 7.22. The summed E-state index contributed by atoms with van der Waals surface area (Å²) in [5.41, 5.74) is 0.382. The summed E-state index contributed by atoms with van der Waals surface area (Å²) in [7, 11) is 0. The second kappa shape index (κ2) is 3.97. The number of nitrogens with one attached hydrogen (secondary N) is 2. The number of piperidine rings is 1. The molecule has 1 atom stereocenters. The fourth-order valence-electron chi connectivity index (χ4n) is 2.14. The molecule has 1 aliphatic carbocycles. The molecule has 1 saturated carbocycles. The first-order chi connectivity index (χ1) is 6.29. The zero-order chi connectivity index (χ0) is 9.15. The molecule has 1 aliphatic heterocycles. The van der Waals surface area contributed by atoms with Crippen LogP contribution in [0.5, 0.6) is 0 Å². The van der Waals surface area contributed by atoms with Crippen molar-refractivity contribution in [3.63, 3.8) is 0 Å². The topological polar surface area (TPSA) is 24.1 Å². The Labute approximate surface area is 81.5 Å². The molecule has 2 nitrogen and oxygen atoms in total. The number of hydrogen-bond donors (Lipinski definition) is 2. The highest BCUT2D eigenvalue weighted by Crippen LogP contribution is 2.27. The van der Waals surface area contributed by atoms with Gasteiger partial charge in [0.25, 0.3) is 0 Å². The van der Waals surface area contributed by atoms with Gasteiger partial charge in [-0.15, -0.1) is 0 Å². The van der Waals surface area contributed by atoms with Gasteiger partial charge in [-0.25, -0.2) is 0 Å². The number of rotatable bonds is 4. The van der Waals surface area contributed by atoms with Gasteiger partial charge in [-0.3, -0.25) is 0 Å². The zero-order valence-electron chi connectivity index (χ0n) is 8.73. The second-order valence-electron chi connectivity index (χ2n) is 5.02. The Hall–Kier alpha value is -0.0800. The normalized spacial score (nSPS) is 34.8. The van der Waals surface area contributed by atoms with Gasteiger partial charge in [-0.2, -0.15) is 0 Å². The fraction of sp³-hybridized carbons (Fsp3) is 1.00. The summed E-state index contributed by atoms with van der Waals surface area (Å²) >= 11 is 0. The van der Waals surface area contributed by atoms with Crippen LogP contribution in [0.2, 0.25) is 0 Å². The van der Waals surface area contributed by atoms with Crippen molar-refractivity contribution in [2.45, 2.75) is 44.6 Å². The molecule has 1 heterocycles. The lowest BCUT2D eigenvalue weighted by Gasteiger charge is -2.35. The Morgan fingerprint density at radius 1 is 1.38 bits per heavy atom. The van der Waals surface area contributed by atoms with Crippen LogP contribution in [-0.4, -0.2) is 25.2 Å². The maximum atomic E-state index is 3.63. The molecule has 76 valence electrons. The van der Waals surface area contributed by atoms with Gasteiger partial charge in [0, 0.05) is 12.1 Å². The van der Waals surface area contributed by atoms with Crippen molar-refractivity contribution in [3.05, 3.63) is 0 Å². The molecule has 0 radical (unpaired) electrons. The lowest BCUT2D eigenvalue weighted by atomic mass is 9.91. The van der Waals surface area contributed by atoms with E-state index in [1.54, 1.807) is 0 Å². The first-order valence-electron chi connectivity index (χ1n) is 5.74. The smallest absolute Gasteiger partial charge is 0.0277 e. The van der Waals surface area contributed by atoms with E-state index in [0.29, 0.717) is 5.54 Å². The van der Waals surface area contributed by atoms with Crippen molar-refractivity contribution in [1.29, 1.82) is 0 Å². The maximum Gasteiger partial charge on any atom is 0.0277 e. The fourth-order valence-corrected chi connectivity index (χ4v) is 2.14. The van der Waals surface area contributed by atoms with Crippen LogP contribution >= 0.6 is 0 Å². The third-order valence-corrected chi connectivity index (χ3v) is 3.35. The molecule has 0 aromatic carbocycles. The van der Waals surface area contributed by atoms with E-state index in [1.807, 2.05) is 0 Å². The van der Waals surface area contributed by atoms with Crippen LogP contribution in [0.4, 0.5) is 0 Å². The van der Waals surface area contributed by atoms with Gasteiger partial charge in [0.15, 0.2) is 0 Å². The average molecular weight is 182 g/mol. The highest BCUT2D eigenvalue weighted by atomic mass is 15.0. The van der Waals surface area contributed by atoms with Crippen LogP contribution in [-0.2, 0) is 0 Å². The van der Waals surface area contributed by atoms with Gasteiger partial charge in [0.2, 0.25) is 0 Å². The largest absolute Gasteiger partial charge is 0.315 e. The maximum absolute atomic E-state index is 3.63. The van der Waals surface area contributed by atoms with Crippen molar-refractivity contribution >= 4 is 0 Å². The van der Waals surface area contributed by atoms with Gasteiger partial charge >= 0.3 is 0 Å². The van der Waals surface area contributed by atoms with E-state index in [-0.39, 0.29) is 0 Å². The quantitative estimate of drug-likeness (QED) is 0.689. The minimum Gasteiger partial charge on any atom is -0.315 e. The predicted octanol–water partition coefficient (Wildman–Crippen LogP) is 1.52. The van der Waals surface area contributed by atoms with Crippen LogP contribution in [0.1, 0.15) is 39.0 Å². The third-order valence-electron chi connectivity index (χ3n) is 3.35. The Morgan fingerprint density at radius 3 is 2.85 bits per heavy atom. The highest BCUT2D eigenvalue weighted by Gasteiger charge is 2.27. The minimum absolute atomic E-state index is 0.382. The molecule has 2 rings (SSSR count).